The van der Waals surface area contributed by atoms with Crippen LogP contribution in [0.4, 0.5) is 0 Å². The summed E-state index contributed by atoms with van der Waals surface area (Å²) in [4.78, 5) is 9.66. The van der Waals surface area contributed by atoms with Gasteiger partial charge in [0.1, 0.15) is 0 Å². The average Bonchev–Trinajstić information content (AvgIpc) is 2.98. The van der Waals surface area contributed by atoms with Crippen LogP contribution >= 0.6 is 0 Å². The number of H-pyrrole nitrogens is 2. The highest BCUT2D eigenvalue weighted by atomic mass is 15.2. The molecule has 3 rings (SSSR count). The van der Waals surface area contributed by atoms with Crippen LogP contribution in [0, 0.1) is 0 Å². The fourth-order valence-electron chi connectivity index (χ4n) is 2.41. The summed E-state index contributed by atoms with van der Waals surface area (Å²) in [5.74, 6) is 0. The quantitative estimate of drug-likeness (QED) is 0.818. The molecule has 0 aliphatic carbocycles. The van der Waals surface area contributed by atoms with E-state index in [0.29, 0.717) is 6.04 Å². The van der Waals surface area contributed by atoms with E-state index in [0.717, 1.165) is 13.1 Å². The van der Waals surface area contributed by atoms with Gasteiger partial charge in [-0.3, -0.25) is 10.00 Å². The number of aromatic nitrogens is 4. The van der Waals surface area contributed by atoms with Gasteiger partial charge in [0.25, 0.3) is 0 Å². The first-order chi connectivity index (χ1) is 7.93. The topological polar surface area (TPSA) is 60.6 Å². The Morgan fingerprint density at radius 2 is 2.50 bits per heavy atom. The van der Waals surface area contributed by atoms with Gasteiger partial charge >= 0.3 is 0 Å². The second-order valence-electron chi connectivity index (χ2n) is 4.22. The maximum Gasteiger partial charge on any atom is 0.0922 e. The van der Waals surface area contributed by atoms with Gasteiger partial charge in [0, 0.05) is 24.6 Å². The van der Waals surface area contributed by atoms with Crippen molar-refractivity contribution in [2.75, 3.05) is 6.54 Å². The molecular formula is C11H15N5. The number of nitrogens with one attached hydrogen (secondary N) is 2. The molecule has 84 valence electrons. The first-order valence-electron chi connectivity index (χ1n) is 5.64. The van der Waals surface area contributed by atoms with Gasteiger partial charge in [-0.15, -0.1) is 0 Å². The molecule has 1 atom stereocenters. The molecule has 1 aliphatic rings. The van der Waals surface area contributed by atoms with Gasteiger partial charge in [0.15, 0.2) is 0 Å². The van der Waals surface area contributed by atoms with Crippen LogP contribution in [-0.2, 0) is 6.54 Å². The Balaban J connectivity index is 1.75. The number of imidazole rings is 1. The molecule has 1 fully saturated rings. The fourth-order valence-corrected chi connectivity index (χ4v) is 2.41. The summed E-state index contributed by atoms with van der Waals surface area (Å²) in [6, 6.07) is 2.54. The Morgan fingerprint density at radius 1 is 1.50 bits per heavy atom. The Labute approximate surface area is 93.9 Å². The monoisotopic (exact) mass is 217 g/mol. The smallest absolute Gasteiger partial charge is 0.0922 e. The highest BCUT2D eigenvalue weighted by Crippen LogP contribution is 2.31. The molecule has 5 heteroatoms. The molecule has 0 aromatic carbocycles. The number of rotatable bonds is 3. The minimum absolute atomic E-state index is 0.478. The molecule has 2 aromatic heterocycles. The second-order valence-corrected chi connectivity index (χ2v) is 4.22. The zero-order valence-electron chi connectivity index (χ0n) is 9.06. The van der Waals surface area contributed by atoms with Gasteiger partial charge in [-0.25, -0.2) is 4.98 Å². The van der Waals surface area contributed by atoms with Gasteiger partial charge in [-0.05, 0) is 25.5 Å². The van der Waals surface area contributed by atoms with E-state index in [4.69, 9.17) is 0 Å². The first kappa shape index (κ1) is 9.59. The van der Waals surface area contributed by atoms with Crippen LogP contribution in [0.25, 0.3) is 0 Å². The van der Waals surface area contributed by atoms with E-state index in [9.17, 15) is 0 Å². The van der Waals surface area contributed by atoms with Crippen molar-refractivity contribution in [2.24, 2.45) is 0 Å². The van der Waals surface area contributed by atoms with Crippen LogP contribution < -0.4 is 0 Å². The van der Waals surface area contributed by atoms with E-state index < -0.39 is 0 Å². The molecule has 0 spiro atoms. The van der Waals surface area contributed by atoms with Crippen molar-refractivity contribution < 1.29 is 0 Å². The molecule has 1 saturated heterocycles. The van der Waals surface area contributed by atoms with Crippen molar-refractivity contribution >= 4 is 0 Å². The van der Waals surface area contributed by atoms with E-state index >= 15 is 0 Å². The van der Waals surface area contributed by atoms with Crippen LogP contribution in [-0.4, -0.2) is 31.6 Å². The summed E-state index contributed by atoms with van der Waals surface area (Å²) < 4.78 is 0. The lowest BCUT2D eigenvalue weighted by Crippen LogP contribution is -2.23. The maximum absolute atomic E-state index is 4.05. The van der Waals surface area contributed by atoms with Crippen molar-refractivity contribution in [1.82, 2.24) is 25.1 Å². The fraction of sp³-hybridized carbons (Fsp3) is 0.455. The Kier molecular flexibility index (Phi) is 2.46. The lowest BCUT2D eigenvalue weighted by Gasteiger charge is -2.22. The predicted octanol–water partition coefficient (Wildman–Crippen LogP) is 1.47. The molecule has 0 amide bonds. The maximum atomic E-state index is 4.05. The first-order valence-corrected chi connectivity index (χ1v) is 5.64. The zero-order valence-corrected chi connectivity index (χ0v) is 9.06. The van der Waals surface area contributed by atoms with Crippen molar-refractivity contribution in [1.29, 1.82) is 0 Å². The average molecular weight is 217 g/mol. The summed E-state index contributed by atoms with van der Waals surface area (Å²) in [5, 5.41) is 7.10. The molecule has 2 aromatic rings. The van der Waals surface area contributed by atoms with Crippen molar-refractivity contribution in [3.05, 3.63) is 36.2 Å². The van der Waals surface area contributed by atoms with Crippen LogP contribution in [0.1, 0.15) is 30.3 Å². The Bertz CT molecular complexity index is 419. The van der Waals surface area contributed by atoms with E-state index in [-0.39, 0.29) is 0 Å². The number of likely N-dealkylation sites (tertiary alicyclic amines) is 1. The van der Waals surface area contributed by atoms with E-state index in [1.165, 1.54) is 24.2 Å². The zero-order chi connectivity index (χ0) is 10.8. The minimum Gasteiger partial charge on any atom is -0.347 e. The van der Waals surface area contributed by atoms with Gasteiger partial charge in [-0.1, -0.05) is 0 Å². The third kappa shape index (κ3) is 1.74. The molecule has 0 radical (unpaired) electrons. The van der Waals surface area contributed by atoms with Crippen LogP contribution in [0.5, 0.6) is 0 Å². The largest absolute Gasteiger partial charge is 0.347 e. The second kappa shape index (κ2) is 4.09. The van der Waals surface area contributed by atoms with E-state index in [1.807, 2.05) is 12.4 Å². The highest BCUT2D eigenvalue weighted by Gasteiger charge is 2.26. The standard InChI is InChI=1S/C11H15N5/c1-2-11(10-3-4-14-15-10)16(5-1)7-9-6-12-8-13-9/h3-4,6,8,11H,1-2,5,7H2,(H,12,13)(H,14,15)/t11-/m0/s1. The number of aromatic amines is 2. The molecule has 16 heavy (non-hydrogen) atoms. The van der Waals surface area contributed by atoms with E-state index in [2.05, 4.69) is 31.1 Å². The van der Waals surface area contributed by atoms with Crippen LogP contribution in [0.15, 0.2) is 24.8 Å². The molecule has 0 bridgehead atoms. The summed E-state index contributed by atoms with van der Waals surface area (Å²) >= 11 is 0. The SMILES string of the molecule is c1cc([C@@H]2CCCN2Cc2cnc[nH]2)[nH]n1. The van der Waals surface area contributed by atoms with Crippen molar-refractivity contribution in [3.8, 4) is 0 Å². The Morgan fingerprint density at radius 3 is 3.25 bits per heavy atom. The van der Waals surface area contributed by atoms with Gasteiger partial charge in [-0.2, -0.15) is 5.10 Å². The molecule has 2 N–H and O–H groups in total. The molecule has 0 unspecified atom stereocenters. The number of hydrogen-bond acceptors (Lipinski definition) is 3. The number of hydrogen-bond donors (Lipinski definition) is 2. The predicted molar refractivity (Wildman–Crippen MR) is 59.6 cm³/mol. The molecular weight excluding hydrogens is 202 g/mol. The molecule has 3 heterocycles. The van der Waals surface area contributed by atoms with Crippen LogP contribution in [0.2, 0.25) is 0 Å². The summed E-state index contributed by atoms with van der Waals surface area (Å²) in [6.07, 6.45) is 7.90. The number of nitrogens with zero attached hydrogens (tertiary/aromatic N) is 3. The van der Waals surface area contributed by atoms with E-state index in [1.54, 1.807) is 6.33 Å². The molecule has 0 saturated carbocycles. The van der Waals surface area contributed by atoms with Gasteiger partial charge in [0.2, 0.25) is 0 Å². The highest BCUT2D eigenvalue weighted by molar-refractivity contribution is 5.08. The molecule has 5 nitrogen and oxygen atoms in total. The third-order valence-corrected chi connectivity index (χ3v) is 3.17. The van der Waals surface area contributed by atoms with Crippen LogP contribution in [0.3, 0.4) is 0 Å². The lowest BCUT2D eigenvalue weighted by molar-refractivity contribution is 0.242. The summed E-state index contributed by atoms with van der Waals surface area (Å²) in [7, 11) is 0. The molecule has 1 aliphatic heterocycles. The Hall–Kier alpha value is -1.62. The van der Waals surface area contributed by atoms with Gasteiger partial charge in [0.05, 0.1) is 18.1 Å². The normalized spacial score (nSPS) is 21.6. The van der Waals surface area contributed by atoms with Crippen molar-refractivity contribution in [2.45, 2.75) is 25.4 Å². The van der Waals surface area contributed by atoms with Gasteiger partial charge < -0.3 is 4.98 Å². The minimum atomic E-state index is 0.478. The van der Waals surface area contributed by atoms with Crippen molar-refractivity contribution in [3.63, 3.8) is 0 Å². The summed E-state index contributed by atoms with van der Waals surface area (Å²) in [5.41, 5.74) is 2.39. The third-order valence-electron chi connectivity index (χ3n) is 3.17. The summed E-state index contributed by atoms with van der Waals surface area (Å²) in [6.45, 7) is 2.08. The lowest BCUT2D eigenvalue weighted by atomic mass is 10.1.